The van der Waals surface area contributed by atoms with Crippen molar-refractivity contribution in [1.82, 2.24) is 10.2 Å². The zero-order valence-electron chi connectivity index (χ0n) is 13.0. The largest absolute Gasteiger partial charge is 0.207 e. The first-order valence-corrected chi connectivity index (χ1v) is 7.68. The SMILES string of the molecule is CC1(C)[C@H]2CC[C@]1(C)c1nnc(-c3ccc(F)cc3F)cc12. The Morgan fingerprint density at radius 3 is 2.59 bits per heavy atom. The second-order valence-corrected chi connectivity index (χ2v) is 7.30. The molecule has 0 amide bonds. The molecule has 2 aliphatic carbocycles. The van der Waals surface area contributed by atoms with E-state index in [0.29, 0.717) is 17.2 Å². The summed E-state index contributed by atoms with van der Waals surface area (Å²) in [6.07, 6.45) is 2.25. The Hall–Kier alpha value is -1.84. The summed E-state index contributed by atoms with van der Waals surface area (Å²) in [5, 5.41) is 8.67. The minimum absolute atomic E-state index is 0.0415. The van der Waals surface area contributed by atoms with Crippen molar-refractivity contribution < 1.29 is 8.78 Å². The van der Waals surface area contributed by atoms with E-state index in [4.69, 9.17) is 0 Å². The van der Waals surface area contributed by atoms with Crippen LogP contribution in [0.3, 0.4) is 0 Å². The summed E-state index contributed by atoms with van der Waals surface area (Å²) in [5.41, 5.74) is 3.22. The maximum absolute atomic E-state index is 14.0. The lowest BCUT2D eigenvalue weighted by Gasteiger charge is -2.33. The fourth-order valence-electron chi connectivity index (χ4n) is 4.40. The van der Waals surface area contributed by atoms with E-state index in [1.807, 2.05) is 6.07 Å². The second kappa shape index (κ2) is 4.12. The molecule has 1 fully saturated rings. The molecule has 1 aromatic heterocycles. The molecule has 2 aromatic rings. The van der Waals surface area contributed by atoms with E-state index < -0.39 is 11.6 Å². The van der Waals surface area contributed by atoms with Gasteiger partial charge in [0.2, 0.25) is 0 Å². The van der Waals surface area contributed by atoms with Crippen LogP contribution in [0.25, 0.3) is 11.3 Å². The molecule has 0 aliphatic heterocycles. The molecule has 2 bridgehead atoms. The highest BCUT2D eigenvalue weighted by Gasteiger charge is 2.60. The van der Waals surface area contributed by atoms with E-state index in [0.717, 1.165) is 24.6 Å². The normalized spacial score (nSPS) is 28.0. The monoisotopic (exact) mass is 300 g/mol. The fraction of sp³-hybridized carbons (Fsp3) is 0.444. The lowest BCUT2D eigenvalue weighted by Crippen LogP contribution is -2.32. The van der Waals surface area contributed by atoms with Crippen LogP contribution in [0.2, 0.25) is 0 Å². The third-order valence-electron chi connectivity index (χ3n) is 6.15. The molecule has 0 saturated heterocycles. The van der Waals surface area contributed by atoms with Gasteiger partial charge in [-0.2, -0.15) is 10.2 Å². The van der Waals surface area contributed by atoms with Gasteiger partial charge in [-0.1, -0.05) is 20.8 Å². The maximum Gasteiger partial charge on any atom is 0.135 e. The van der Waals surface area contributed by atoms with Crippen molar-refractivity contribution in [1.29, 1.82) is 0 Å². The van der Waals surface area contributed by atoms with Crippen LogP contribution in [0, 0.1) is 17.0 Å². The molecule has 2 aliphatic rings. The van der Waals surface area contributed by atoms with Gasteiger partial charge in [0.05, 0.1) is 11.4 Å². The Bertz CT molecular complexity index is 785. The van der Waals surface area contributed by atoms with E-state index in [2.05, 4.69) is 31.0 Å². The Morgan fingerprint density at radius 1 is 1.09 bits per heavy atom. The van der Waals surface area contributed by atoms with E-state index >= 15 is 0 Å². The molecule has 1 aromatic carbocycles. The first-order valence-electron chi connectivity index (χ1n) is 7.68. The van der Waals surface area contributed by atoms with Crippen molar-refractivity contribution in [2.24, 2.45) is 5.41 Å². The first kappa shape index (κ1) is 13.8. The molecule has 2 nitrogen and oxygen atoms in total. The summed E-state index contributed by atoms with van der Waals surface area (Å²) < 4.78 is 27.1. The molecule has 0 unspecified atom stereocenters. The van der Waals surface area contributed by atoms with E-state index in [1.54, 1.807) is 0 Å². The van der Waals surface area contributed by atoms with E-state index in [1.165, 1.54) is 17.7 Å². The van der Waals surface area contributed by atoms with Crippen LogP contribution in [0.4, 0.5) is 8.78 Å². The molecule has 4 rings (SSSR count). The molecular weight excluding hydrogens is 282 g/mol. The highest BCUT2D eigenvalue weighted by atomic mass is 19.1. The summed E-state index contributed by atoms with van der Waals surface area (Å²) in [7, 11) is 0. The second-order valence-electron chi connectivity index (χ2n) is 7.30. The number of fused-ring (bicyclic) bond motifs is 5. The van der Waals surface area contributed by atoms with Crippen molar-refractivity contribution in [3.8, 4) is 11.3 Å². The average molecular weight is 300 g/mol. The van der Waals surface area contributed by atoms with Gasteiger partial charge in [-0.05, 0) is 47.9 Å². The van der Waals surface area contributed by atoms with E-state index in [9.17, 15) is 8.78 Å². The van der Waals surface area contributed by atoms with Crippen LogP contribution < -0.4 is 0 Å². The predicted octanol–water partition coefficient (Wildman–Crippen LogP) is 4.60. The molecule has 0 spiro atoms. The number of halogens is 2. The van der Waals surface area contributed by atoms with Gasteiger partial charge in [0.25, 0.3) is 0 Å². The molecule has 114 valence electrons. The minimum Gasteiger partial charge on any atom is -0.207 e. The van der Waals surface area contributed by atoms with Crippen molar-refractivity contribution >= 4 is 0 Å². The number of aromatic nitrogens is 2. The van der Waals surface area contributed by atoms with Crippen LogP contribution >= 0.6 is 0 Å². The van der Waals surface area contributed by atoms with E-state index in [-0.39, 0.29) is 10.8 Å². The first-order chi connectivity index (χ1) is 10.3. The lowest BCUT2D eigenvalue weighted by atomic mass is 9.70. The highest BCUT2D eigenvalue weighted by Crippen LogP contribution is 2.67. The zero-order valence-corrected chi connectivity index (χ0v) is 13.0. The Balaban J connectivity index is 1.87. The third kappa shape index (κ3) is 1.53. The molecule has 22 heavy (non-hydrogen) atoms. The molecular formula is C18H18F2N2. The van der Waals surface area contributed by atoms with Crippen molar-refractivity contribution in [2.75, 3.05) is 0 Å². The van der Waals surface area contributed by atoms with Gasteiger partial charge < -0.3 is 0 Å². The number of hydrogen-bond donors (Lipinski definition) is 0. The zero-order chi connectivity index (χ0) is 15.7. The average Bonchev–Trinajstić information content (AvgIpc) is 2.78. The van der Waals surface area contributed by atoms with Gasteiger partial charge in [-0.25, -0.2) is 8.78 Å². The van der Waals surface area contributed by atoms with Crippen molar-refractivity contribution in [2.45, 2.75) is 44.9 Å². The summed E-state index contributed by atoms with van der Waals surface area (Å²) in [6, 6.07) is 5.53. The minimum atomic E-state index is -0.595. The predicted molar refractivity (Wildman–Crippen MR) is 80.5 cm³/mol. The topological polar surface area (TPSA) is 25.8 Å². The molecule has 2 atom stereocenters. The van der Waals surface area contributed by atoms with Gasteiger partial charge in [0.1, 0.15) is 11.6 Å². The smallest absolute Gasteiger partial charge is 0.135 e. The number of hydrogen-bond acceptors (Lipinski definition) is 2. The molecule has 0 radical (unpaired) electrons. The van der Waals surface area contributed by atoms with Gasteiger partial charge in [0.15, 0.2) is 0 Å². The van der Waals surface area contributed by atoms with Gasteiger partial charge in [-0.3, -0.25) is 0 Å². The van der Waals surface area contributed by atoms with Crippen LogP contribution in [-0.4, -0.2) is 10.2 Å². The van der Waals surface area contributed by atoms with Crippen molar-refractivity contribution in [3.63, 3.8) is 0 Å². The van der Waals surface area contributed by atoms with Crippen LogP contribution in [0.15, 0.2) is 24.3 Å². The maximum atomic E-state index is 14.0. The number of rotatable bonds is 1. The third-order valence-corrected chi connectivity index (χ3v) is 6.15. The Labute approximate surface area is 128 Å². The standard InChI is InChI=1S/C18H18F2N2/c1-17(2)13-6-7-18(17,3)16-12(13)9-15(21-22-16)11-5-4-10(19)8-14(11)20/h4-5,8-9,13H,6-7H2,1-3H3/t13-,18+/m0/s1. The summed E-state index contributed by atoms with van der Waals surface area (Å²) >= 11 is 0. The van der Waals surface area contributed by atoms with Crippen LogP contribution in [0.1, 0.15) is 50.8 Å². The quantitative estimate of drug-likeness (QED) is 0.769. The highest BCUT2D eigenvalue weighted by molar-refractivity contribution is 5.62. The van der Waals surface area contributed by atoms with Gasteiger partial charge in [0, 0.05) is 17.0 Å². The van der Waals surface area contributed by atoms with Gasteiger partial charge in [-0.15, -0.1) is 0 Å². The van der Waals surface area contributed by atoms with Crippen LogP contribution in [-0.2, 0) is 5.41 Å². The molecule has 1 saturated carbocycles. The Kier molecular flexibility index (Phi) is 2.58. The molecule has 0 N–H and O–H groups in total. The fourth-order valence-corrected chi connectivity index (χ4v) is 4.40. The summed E-state index contributed by atoms with van der Waals surface area (Å²) in [6.45, 7) is 6.82. The molecule has 4 heteroatoms. The molecule has 1 heterocycles. The van der Waals surface area contributed by atoms with Crippen molar-refractivity contribution in [3.05, 3.63) is 47.2 Å². The number of nitrogens with zero attached hydrogens (tertiary/aromatic N) is 2. The Morgan fingerprint density at radius 2 is 1.86 bits per heavy atom. The van der Waals surface area contributed by atoms with Crippen LogP contribution in [0.5, 0.6) is 0 Å². The lowest BCUT2D eigenvalue weighted by molar-refractivity contribution is 0.226. The number of benzene rings is 1. The summed E-state index contributed by atoms with van der Waals surface area (Å²) in [4.78, 5) is 0. The van der Waals surface area contributed by atoms with Gasteiger partial charge >= 0.3 is 0 Å². The summed E-state index contributed by atoms with van der Waals surface area (Å²) in [5.74, 6) is -0.740.